The Balaban J connectivity index is 0.000000701. The number of alkyl halides is 2. The first-order chi connectivity index (χ1) is 12.1. The van der Waals surface area contributed by atoms with Gasteiger partial charge in [-0.1, -0.05) is 36.0 Å². The number of hydrogen-bond donors (Lipinski definition) is 1. The van der Waals surface area contributed by atoms with Gasteiger partial charge in [-0.3, -0.25) is 0 Å². The van der Waals surface area contributed by atoms with Gasteiger partial charge in [0.25, 0.3) is 0 Å². The van der Waals surface area contributed by atoms with Crippen molar-refractivity contribution in [2.24, 2.45) is 0 Å². The summed E-state index contributed by atoms with van der Waals surface area (Å²) in [6.07, 6.45) is 1.90. The van der Waals surface area contributed by atoms with Crippen LogP contribution in [0.25, 0.3) is 11.1 Å². The summed E-state index contributed by atoms with van der Waals surface area (Å²) in [4.78, 5) is 17.3. The topological polar surface area (TPSA) is 84.9 Å². The number of halogens is 2. The number of hydrogen-bond acceptors (Lipinski definition) is 6. The van der Waals surface area contributed by atoms with Crippen LogP contribution in [0.3, 0.4) is 0 Å². The molecule has 3 aromatic rings. The van der Waals surface area contributed by atoms with Crippen molar-refractivity contribution in [3.8, 4) is 16.9 Å². The summed E-state index contributed by atoms with van der Waals surface area (Å²) >= 11 is 1.50. The van der Waals surface area contributed by atoms with Gasteiger partial charge in [-0.15, -0.1) is 5.10 Å². The summed E-state index contributed by atoms with van der Waals surface area (Å²) in [7, 11) is 0. The van der Waals surface area contributed by atoms with E-state index >= 15 is 0 Å². The van der Waals surface area contributed by atoms with Gasteiger partial charge in [0.15, 0.2) is 0 Å². The van der Waals surface area contributed by atoms with Gasteiger partial charge in [-0.2, -0.15) is 28.7 Å². The number of nitrogens with zero attached hydrogens (tertiary/aromatic N) is 2. The zero-order valence-corrected chi connectivity index (χ0v) is 13.4. The second kappa shape index (κ2) is 9.31. The van der Waals surface area contributed by atoms with E-state index in [0.29, 0.717) is 0 Å². The van der Waals surface area contributed by atoms with E-state index in [9.17, 15) is 8.78 Å². The molecule has 0 radical (unpaired) electrons. The minimum Gasteiger partial charge on any atom is -0.435 e. The number of nitrogens with one attached hydrogen (secondary N) is 1. The van der Waals surface area contributed by atoms with E-state index in [2.05, 4.69) is 20.1 Å². The molecule has 0 fully saturated rings. The van der Waals surface area contributed by atoms with E-state index in [1.54, 1.807) is 18.3 Å². The summed E-state index contributed by atoms with van der Waals surface area (Å²) in [6, 6.07) is 14.4. The molecule has 9 heteroatoms. The van der Waals surface area contributed by atoms with Crippen molar-refractivity contribution in [2.75, 3.05) is 0 Å². The number of carbonyl (C=O) groups excluding carboxylic acids is 2. The summed E-state index contributed by atoms with van der Waals surface area (Å²) in [6.45, 7) is -2.81. The summed E-state index contributed by atoms with van der Waals surface area (Å²) in [5, 5.41) is 11.1. The van der Waals surface area contributed by atoms with Crippen LogP contribution < -0.4 is 4.74 Å². The van der Waals surface area contributed by atoms with Gasteiger partial charge in [-0.25, -0.2) is 0 Å². The van der Waals surface area contributed by atoms with Crippen LogP contribution in [-0.4, -0.2) is 28.2 Å². The van der Waals surface area contributed by atoms with E-state index < -0.39 is 6.61 Å². The number of rotatable bonds is 5. The zero-order chi connectivity index (χ0) is 18.1. The summed E-state index contributed by atoms with van der Waals surface area (Å²) in [5.41, 5.74) is 1.92. The van der Waals surface area contributed by atoms with Gasteiger partial charge in [0.1, 0.15) is 10.8 Å². The van der Waals surface area contributed by atoms with E-state index in [4.69, 9.17) is 9.59 Å². The average molecular weight is 363 g/mol. The molecule has 0 aliphatic carbocycles. The molecule has 6 nitrogen and oxygen atoms in total. The maximum absolute atomic E-state index is 12.1. The van der Waals surface area contributed by atoms with Gasteiger partial charge >= 0.3 is 12.8 Å². The minimum atomic E-state index is -2.81. The second-order valence-electron chi connectivity index (χ2n) is 4.42. The third-order valence-electron chi connectivity index (χ3n) is 2.88. The minimum absolute atomic E-state index is 0.150. The molecule has 128 valence electrons. The molecule has 0 saturated heterocycles. The molecule has 0 saturated carbocycles. The number of aromatic nitrogens is 3. The lowest BCUT2D eigenvalue weighted by atomic mass is 10.1. The van der Waals surface area contributed by atoms with Gasteiger partial charge in [0.2, 0.25) is 0 Å². The molecule has 3 rings (SSSR count). The van der Waals surface area contributed by atoms with Crippen molar-refractivity contribution in [3.05, 3.63) is 54.7 Å². The van der Waals surface area contributed by atoms with Crippen LogP contribution in [0.1, 0.15) is 0 Å². The Morgan fingerprint density at radius 1 is 1.00 bits per heavy atom. The fraction of sp³-hybridized carbons (Fsp3) is 0.0625. The highest BCUT2D eigenvalue weighted by Gasteiger charge is 2.05. The largest absolute Gasteiger partial charge is 0.435 e. The number of benzene rings is 2. The molecule has 0 bridgehead atoms. The van der Waals surface area contributed by atoms with Gasteiger partial charge in [0.05, 0.1) is 6.20 Å². The molecule has 25 heavy (non-hydrogen) atoms. The molecule has 0 aliphatic rings. The van der Waals surface area contributed by atoms with Crippen molar-refractivity contribution in [1.29, 1.82) is 0 Å². The van der Waals surface area contributed by atoms with Crippen molar-refractivity contribution in [2.45, 2.75) is 16.5 Å². The highest BCUT2D eigenvalue weighted by Crippen LogP contribution is 2.28. The van der Waals surface area contributed by atoms with E-state index in [0.717, 1.165) is 21.0 Å². The maximum Gasteiger partial charge on any atom is 0.387 e. The molecular weight excluding hydrogens is 352 g/mol. The van der Waals surface area contributed by atoms with Crippen LogP contribution in [0.2, 0.25) is 0 Å². The Bertz CT molecular complexity index is 804. The predicted molar refractivity (Wildman–Crippen MR) is 84.0 cm³/mol. The molecule has 0 atom stereocenters. The van der Waals surface area contributed by atoms with Crippen LogP contribution in [0.15, 0.2) is 64.6 Å². The lowest BCUT2D eigenvalue weighted by Crippen LogP contribution is -2.01. The van der Waals surface area contributed by atoms with Crippen LogP contribution >= 0.6 is 11.8 Å². The SMILES string of the molecule is FC(F)Oc1ccc(-c2ccc(Sc3cn[nH]n3)cc2)cc1.O=C=O. The van der Waals surface area contributed by atoms with Crippen LogP contribution in [0.4, 0.5) is 8.78 Å². The second-order valence-corrected chi connectivity index (χ2v) is 5.51. The van der Waals surface area contributed by atoms with E-state index in [1.165, 1.54) is 23.9 Å². The Kier molecular flexibility index (Phi) is 6.82. The van der Waals surface area contributed by atoms with Gasteiger partial charge in [-0.05, 0) is 35.4 Å². The maximum atomic E-state index is 12.1. The first-order valence-corrected chi connectivity index (χ1v) is 7.62. The standard InChI is InChI=1S/C15H11F2N3OS.CO2/c16-15(17)21-12-5-1-10(2-6-12)11-3-7-13(8-4-11)22-14-9-18-20-19-14;2-1-3/h1-9,15H,(H,18,19,20);. The lowest BCUT2D eigenvalue weighted by molar-refractivity contribution is -0.191. The smallest absolute Gasteiger partial charge is 0.387 e. The highest BCUT2D eigenvalue weighted by atomic mass is 32.2. The molecule has 1 heterocycles. The molecule has 0 aliphatic heterocycles. The third kappa shape index (κ3) is 5.83. The lowest BCUT2D eigenvalue weighted by Gasteiger charge is -2.06. The van der Waals surface area contributed by atoms with E-state index in [1.807, 2.05) is 24.3 Å². The molecule has 0 unspecified atom stereocenters. The Hall–Kier alpha value is -3.03. The third-order valence-corrected chi connectivity index (χ3v) is 3.80. The average Bonchev–Trinajstić information content (AvgIpc) is 3.10. The summed E-state index contributed by atoms with van der Waals surface area (Å²) in [5.74, 6) is 0.150. The van der Waals surface area contributed by atoms with Crippen molar-refractivity contribution in [1.82, 2.24) is 15.4 Å². The number of aromatic amines is 1. The highest BCUT2D eigenvalue weighted by molar-refractivity contribution is 7.99. The Morgan fingerprint density at radius 2 is 1.56 bits per heavy atom. The van der Waals surface area contributed by atoms with Crippen molar-refractivity contribution in [3.63, 3.8) is 0 Å². The zero-order valence-electron chi connectivity index (χ0n) is 12.6. The molecule has 1 aromatic heterocycles. The normalized spacial score (nSPS) is 9.88. The van der Waals surface area contributed by atoms with E-state index in [-0.39, 0.29) is 11.9 Å². The number of ether oxygens (including phenoxy) is 1. The molecule has 2 aromatic carbocycles. The van der Waals surface area contributed by atoms with Crippen LogP contribution in [0.5, 0.6) is 5.75 Å². The monoisotopic (exact) mass is 363 g/mol. The van der Waals surface area contributed by atoms with Crippen molar-refractivity contribution >= 4 is 17.9 Å². The predicted octanol–water partition coefficient (Wildman–Crippen LogP) is 3.64. The van der Waals surface area contributed by atoms with Gasteiger partial charge in [0, 0.05) is 4.90 Å². The molecule has 0 spiro atoms. The molecule has 0 amide bonds. The molecular formula is C16H11F2N3O3S. The van der Waals surface area contributed by atoms with Crippen LogP contribution in [0, 0.1) is 0 Å². The quantitative estimate of drug-likeness (QED) is 0.745. The number of H-pyrrole nitrogens is 1. The fourth-order valence-corrected chi connectivity index (χ4v) is 2.61. The first-order valence-electron chi connectivity index (χ1n) is 6.80. The fourth-order valence-electron chi connectivity index (χ4n) is 1.91. The van der Waals surface area contributed by atoms with Gasteiger partial charge < -0.3 is 4.74 Å². The molecule has 1 N–H and O–H groups in total. The van der Waals surface area contributed by atoms with Crippen LogP contribution in [-0.2, 0) is 9.59 Å². The first kappa shape index (κ1) is 18.3. The Morgan fingerprint density at radius 3 is 2.04 bits per heavy atom. The summed E-state index contributed by atoms with van der Waals surface area (Å²) < 4.78 is 28.5. The Labute approximate surface area is 145 Å². The van der Waals surface area contributed by atoms with Crippen molar-refractivity contribution < 1.29 is 23.1 Å².